The van der Waals surface area contributed by atoms with Crippen LogP contribution in [0.15, 0.2) is 42.5 Å². The van der Waals surface area contributed by atoms with E-state index in [1.54, 1.807) is 0 Å². The van der Waals surface area contributed by atoms with Crippen LogP contribution in [0.3, 0.4) is 0 Å². The Balaban J connectivity index is 1.99. The summed E-state index contributed by atoms with van der Waals surface area (Å²) in [6.45, 7) is 0. The van der Waals surface area contributed by atoms with Crippen molar-refractivity contribution in [3.63, 3.8) is 0 Å². The Morgan fingerprint density at radius 3 is 2.53 bits per heavy atom. The van der Waals surface area contributed by atoms with E-state index in [1.807, 2.05) is 12.1 Å². The second kappa shape index (κ2) is 5.00. The monoisotopic (exact) mass is 255 g/mol. The van der Waals surface area contributed by atoms with Crippen molar-refractivity contribution >= 4 is 10.8 Å². The highest BCUT2D eigenvalue weighted by molar-refractivity contribution is 5.83. The molecule has 0 N–H and O–H groups in total. The number of benzene rings is 2. The van der Waals surface area contributed by atoms with Crippen LogP contribution < -0.4 is 0 Å². The summed E-state index contributed by atoms with van der Waals surface area (Å²) in [5, 5.41) is 13.6. The quantitative estimate of drug-likeness (QED) is 0.597. The first kappa shape index (κ1) is 12.2. The van der Waals surface area contributed by atoms with Gasteiger partial charge in [0.05, 0.1) is 5.92 Å². The van der Waals surface area contributed by atoms with Crippen molar-refractivity contribution in [1.29, 1.82) is 0 Å². The third-order valence-electron chi connectivity index (χ3n) is 4.20. The van der Waals surface area contributed by atoms with Crippen LogP contribution in [-0.4, -0.2) is 11.0 Å². The number of nitro groups is 1. The maximum atomic E-state index is 11.2. The molecule has 0 saturated heterocycles. The van der Waals surface area contributed by atoms with Crippen molar-refractivity contribution in [2.75, 3.05) is 0 Å². The lowest BCUT2D eigenvalue weighted by Crippen LogP contribution is -2.30. The molecule has 3 nitrogen and oxygen atoms in total. The fourth-order valence-electron chi connectivity index (χ4n) is 3.19. The summed E-state index contributed by atoms with van der Waals surface area (Å²) < 4.78 is 0. The summed E-state index contributed by atoms with van der Waals surface area (Å²) >= 11 is 0. The molecule has 2 aromatic rings. The van der Waals surface area contributed by atoms with Crippen LogP contribution in [0.4, 0.5) is 0 Å². The first-order chi connectivity index (χ1) is 9.25. The van der Waals surface area contributed by atoms with Gasteiger partial charge in [-0.05, 0) is 29.2 Å². The van der Waals surface area contributed by atoms with Crippen molar-refractivity contribution < 1.29 is 4.92 Å². The van der Waals surface area contributed by atoms with Gasteiger partial charge in [-0.3, -0.25) is 10.1 Å². The van der Waals surface area contributed by atoms with Gasteiger partial charge in [0.2, 0.25) is 6.04 Å². The van der Waals surface area contributed by atoms with E-state index in [4.69, 9.17) is 0 Å². The maximum Gasteiger partial charge on any atom is 0.219 e. The average Bonchev–Trinajstić information content (AvgIpc) is 2.46. The molecule has 0 aliphatic heterocycles. The molecular weight excluding hydrogens is 238 g/mol. The van der Waals surface area contributed by atoms with Crippen LogP contribution in [-0.2, 0) is 0 Å². The van der Waals surface area contributed by atoms with Crippen molar-refractivity contribution in [2.45, 2.75) is 37.6 Å². The van der Waals surface area contributed by atoms with E-state index in [-0.39, 0.29) is 10.8 Å². The van der Waals surface area contributed by atoms with Crippen LogP contribution in [0.1, 0.15) is 37.2 Å². The molecule has 1 fully saturated rings. The Hall–Kier alpha value is -1.90. The molecule has 3 heteroatoms. The highest BCUT2D eigenvalue weighted by Gasteiger charge is 2.34. The molecule has 0 unspecified atom stereocenters. The largest absolute Gasteiger partial charge is 0.264 e. The Kier molecular flexibility index (Phi) is 3.20. The minimum absolute atomic E-state index is 0.0772. The minimum Gasteiger partial charge on any atom is -0.264 e. The Morgan fingerprint density at radius 1 is 1.00 bits per heavy atom. The van der Waals surface area contributed by atoms with Gasteiger partial charge in [0.1, 0.15) is 0 Å². The van der Waals surface area contributed by atoms with Gasteiger partial charge in [-0.25, -0.2) is 0 Å². The van der Waals surface area contributed by atoms with E-state index < -0.39 is 6.04 Å². The van der Waals surface area contributed by atoms with Crippen LogP contribution >= 0.6 is 0 Å². The van der Waals surface area contributed by atoms with Crippen molar-refractivity contribution in [3.05, 3.63) is 58.1 Å². The van der Waals surface area contributed by atoms with Gasteiger partial charge in [-0.15, -0.1) is 0 Å². The maximum absolute atomic E-state index is 11.2. The van der Waals surface area contributed by atoms with Gasteiger partial charge >= 0.3 is 0 Å². The standard InChI is InChI=1S/C16H17NO2/c18-17(19)16-8-4-3-7-15(16)14-10-9-12-5-1-2-6-13(12)11-14/h1-2,5-6,9-11,15-16H,3-4,7-8H2/t15-,16+/m0/s1. The number of hydrogen-bond donors (Lipinski definition) is 0. The van der Waals surface area contributed by atoms with E-state index in [0.29, 0.717) is 6.42 Å². The van der Waals surface area contributed by atoms with Crippen LogP contribution in [0.5, 0.6) is 0 Å². The smallest absolute Gasteiger partial charge is 0.219 e. The molecule has 1 aliphatic carbocycles. The topological polar surface area (TPSA) is 43.1 Å². The molecule has 1 aliphatic rings. The molecule has 0 heterocycles. The Labute approximate surface area is 112 Å². The molecule has 0 radical (unpaired) electrons. The zero-order valence-corrected chi connectivity index (χ0v) is 10.8. The fraction of sp³-hybridized carbons (Fsp3) is 0.375. The second-order valence-corrected chi connectivity index (χ2v) is 5.35. The van der Waals surface area contributed by atoms with Crippen molar-refractivity contribution in [2.24, 2.45) is 0 Å². The average molecular weight is 255 g/mol. The van der Waals surface area contributed by atoms with E-state index in [1.165, 1.54) is 10.8 Å². The van der Waals surface area contributed by atoms with Gasteiger partial charge in [-0.1, -0.05) is 48.9 Å². The summed E-state index contributed by atoms with van der Waals surface area (Å²) in [4.78, 5) is 11.1. The molecule has 0 spiro atoms. The lowest BCUT2D eigenvalue weighted by atomic mass is 9.80. The summed E-state index contributed by atoms with van der Waals surface area (Å²) in [5.74, 6) is 0.0772. The predicted octanol–water partition coefficient (Wildman–Crippen LogP) is 4.14. The third kappa shape index (κ3) is 2.33. The van der Waals surface area contributed by atoms with Crippen LogP contribution in [0.2, 0.25) is 0 Å². The highest BCUT2D eigenvalue weighted by Crippen LogP contribution is 2.35. The molecule has 0 aromatic heterocycles. The molecule has 2 atom stereocenters. The molecular formula is C16H17NO2. The van der Waals surface area contributed by atoms with Crippen LogP contribution in [0.25, 0.3) is 10.8 Å². The number of nitrogens with zero attached hydrogens (tertiary/aromatic N) is 1. The van der Waals surface area contributed by atoms with E-state index >= 15 is 0 Å². The van der Waals surface area contributed by atoms with Gasteiger partial charge in [-0.2, -0.15) is 0 Å². The zero-order chi connectivity index (χ0) is 13.2. The number of fused-ring (bicyclic) bond motifs is 1. The first-order valence-corrected chi connectivity index (χ1v) is 6.88. The lowest BCUT2D eigenvalue weighted by Gasteiger charge is -2.25. The summed E-state index contributed by atoms with van der Waals surface area (Å²) in [6.07, 6.45) is 3.73. The van der Waals surface area contributed by atoms with Crippen LogP contribution in [0, 0.1) is 10.1 Å². The van der Waals surface area contributed by atoms with Gasteiger partial charge in [0.15, 0.2) is 0 Å². The normalized spacial score (nSPS) is 23.4. The summed E-state index contributed by atoms with van der Waals surface area (Å²) in [7, 11) is 0. The van der Waals surface area contributed by atoms with Crippen molar-refractivity contribution in [3.8, 4) is 0 Å². The van der Waals surface area contributed by atoms with Gasteiger partial charge in [0.25, 0.3) is 0 Å². The lowest BCUT2D eigenvalue weighted by molar-refractivity contribution is -0.530. The van der Waals surface area contributed by atoms with E-state index in [2.05, 4.69) is 30.3 Å². The van der Waals surface area contributed by atoms with Crippen molar-refractivity contribution in [1.82, 2.24) is 0 Å². The molecule has 0 bridgehead atoms. The molecule has 1 saturated carbocycles. The molecule has 19 heavy (non-hydrogen) atoms. The van der Waals surface area contributed by atoms with E-state index in [0.717, 1.165) is 24.8 Å². The summed E-state index contributed by atoms with van der Waals surface area (Å²) in [5.41, 5.74) is 1.13. The molecule has 0 amide bonds. The highest BCUT2D eigenvalue weighted by atomic mass is 16.6. The molecule has 98 valence electrons. The predicted molar refractivity (Wildman–Crippen MR) is 75.9 cm³/mol. The molecule has 3 rings (SSSR count). The zero-order valence-electron chi connectivity index (χ0n) is 10.8. The van der Waals surface area contributed by atoms with E-state index in [9.17, 15) is 10.1 Å². The second-order valence-electron chi connectivity index (χ2n) is 5.35. The SMILES string of the molecule is O=[N+]([O-])[C@@H]1CCCC[C@H]1c1ccc2ccccc2c1. The Morgan fingerprint density at radius 2 is 1.74 bits per heavy atom. The first-order valence-electron chi connectivity index (χ1n) is 6.88. The van der Waals surface area contributed by atoms with Gasteiger partial charge < -0.3 is 0 Å². The Bertz CT molecular complexity index is 608. The fourth-order valence-corrected chi connectivity index (χ4v) is 3.19. The third-order valence-corrected chi connectivity index (χ3v) is 4.20. The number of rotatable bonds is 2. The molecule has 2 aromatic carbocycles. The number of hydrogen-bond acceptors (Lipinski definition) is 2. The summed E-state index contributed by atoms with van der Waals surface area (Å²) in [6, 6.07) is 14.0. The minimum atomic E-state index is -0.407. The van der Waals surface area contributed by atoms with Gasteiger partial charge in [0, 0.05) is 11.3 Å².